The second-order valence-corrected chi connectivity index (χ2v) is 9.30. The molecule has 0 saturated heterocycles. The van der Waals surface area contributed by atoms with Crippen LogP contribution < -0.4 is 16.4 Å². The second kappa shape index (κ2) is 11.8. The molecular weight excluding hydrogens is 446 g/mol. The lowest BCUT2D eigenvalue weighted by Gasteiger charge is -2.22. The Kier molecular flexibility index (Phi) is 8.31. The highest BCUT2D eigenvalue weighted by atomic mass is 16.2. The Balaban J connectivity index is 1.60. The third kappa shape index (κ3) is 6.08. The number of aryl methyl sites for hydroxylation is 1. The molecule has 0 bridgehead atoms. The van der Waals surface area contributed by atoms with E-state index in [4.69, 9.17) is 5.73 Å². The molecule has 0 aliphatic heterocycles. The third-order valence-corrected chi connectivity index (χ3v) is 6.43. The first-order valence-corrected chi connectivity index (χ1v) is 12.5. The monoisotopic (exact) mass is 481 g/mol. The molecule has 2 unspecified atom stereocenters. The number of rotatable bonds is 10. The molecule has 2 atom stereocenters. The van der Waals surface area contributed by atoms with Crippen molar-refractivity contribution < 1.29 is 4.79 Å². The van der Waals surface area contributed by atoms with Gasteiger partial charge in [-0.3, -0.25) is 4.79 Å². The molecule has 4 rings (SSSR count). The SMILES string of the molecule is CCC(C)CNC(c1ccccc1)c1cccc(NC(=O)c2cc(C)nn2-c2cccc(CN)c2)c1. The molecule has 186 valence electrons. The lowest BCUT2D eigenvalue weighted by atomic mass is 9.97. The predicted molar refractivity (Wildman–Crippen MR) is 146 cm³/mol. The van der Waals surface area contributed by atoms with E-state index in [-0.39, 0.29) is 11.9 Å². The van der Waals surface area contributed by atoms with Crippen LogP contribution in [0.25, 0.3) is 5.69 Å². The van der Waals surface area contributed by atoms with Crippen LogP contribution in [-0.2, 0) is 6.54 Å². The van der Waals surface area contributed by atoms with Crippen molar-refractivity contribution in [3.05, 3.63) is 113 Å². The van der Waals surface area contributed by atoms with Gasteiger partial charge in [0.2, 0.25) is 0 Å². The number of amides is 1. The second-order valence-electron chi connectivity index (χ2n) is 9.30. The molecule has 0 aliphatic rings. The molecule has 0 aliphatic carbocycles. The highest BCUT2D eigenvalue weighted by molar-refractivity contribution is 6.03. The van der Waals surface area contributed by atoms with Gasteiger partial charge in [0.05, 0.1) is 17.4 Å². The molecule has 1 heterocycles. The average molecular weight is 482 g/mol. The Morgan fingerprint density at radius 1 is 0.972 bits per heavy atom. The van der Waals surface area contributed by atoms with Crippen molar-refractivity contribution in [3.8, 4) is 5.69 Å². The van der Waals surface area contributed by atoms with Gasteiger partial charge in [0.1, 0.15) is 5.69 Å². The summed E-state index contributed by atoms with van der Waals surface area (Å²) in [5.41, 5.74) is 11.9. The molecule has 3 aromatic carbocycles. The van der Waals surface area contributed by atoms with Crippen molar-refractivity contribution in [3.63, 3.8) is 0 Å². The number of benzene rings is 3. The van der Waals surface area contributed by atoms with Gasteiger partial charge in [-0.2, -0.15) is 5.10 Å². The van der Waals surface area contributed by atoms with Crippen LogP contribution >= 0.6 is 0 Å². The smallest absolute Gasteiger partial charge is 0.274 e. The van der Waals surface area contributed by atoms with E-state index in [2.05, 4.69) is 59.9 Å². The summed E-state index contributed by atoms with van der Waals surface area (Å²) in [6.07, 6.45) is 1.12. The van der Waals surface area contributed by atoms with E-state index in [0.717, 1.165) is 41.2 Å². The molecule has 0 saturated carbocycles. The van der Waals surface area contributed by atoms with E-state index in [1.165, 1.54) is 5.56 Å². The van der Waals surface area contributed by atoms with Crippen LogP contribution in [0.4, 0.5) is 5.69 Å². The van der Waals surface area contributed by atoms with Gasteiger partial charge in [-0.1, -0.05) is 74.9 Å². The number of hydrogen-bond acceptors (Lipinski definition) is 4. The Bertz CT molecular complexity index is 1300. The Morgan fingerprint density at radius 3 is 2.47 bits per heavy atom. The molecule has 4 N–H and O–H groups in total. The van der Waals surface area contributed by atoms with Gasteiger partial charge in [0.15, 0.2) is 0 Å². The van der Waals surface area contributed by atoms with Gasteiger partial charge in [-0.15, -0.1) is 0 Å². The average Bonchev–Trinajstić information content (AvgIpc) is 3.31. The Morgan fingerprint density at radius 2 is 1.72 bits per heavy atom. The molecule has 6 nitrogen and oxygen atoms in total. The topological polar surface area (TPSA) is 85.0 Å². The molecule has 4 aromatic rings. The fourth-order valence-corrected chi connectivity index (χ4v) is 4.20. The van der Waals surface area contributed by atoms with Crippen LogP contribution in [0.1, 0.15) is 59.2 Å². The summed E-state index contributed by atoms with van der Waals surface area (Å²) < 4.78 is 1.67. The van der Waals surface area contributed by atoms with Crippen molar-refractivity contribution in [1.29, 1.82) is 0 Å². The first kappa shape index (κ1) is 25.4. The van der Waals surface area contributed by atoms with Gasteiger partial charge < -0.3 is 16.4 Å². The summed E-state index contributed by atoms with van der Waals surface area (Å²) in [4.78, 5) is 13.4. The number of nitrogens with zero attached hydrogens (tertiary/aromatic N) is 2. The zero-order chi connectivity index (χ0) is 25.5. The minimum absolute atomic E-state index is 0.0313. The van der Waals surface area contributed by atoms with E-state index < -0.39 is 0 Å². The van der Waals surface area contributed by atoms with Crippen molar-refractivity contribution in [1.82, 2.24) is 15.1 Å². The maximum atomic E-state index is 13.4. The number of hydrogen-bond donors (Lipinski definition) is 3. The van der Waals surface area contributed by atoms with E-state index in [1.54, 1.807) is 10.7 Å². The number of nitrogens with two attached hydrogens (primary N) is 1. The van der Waals surface area contributed by atoms with Crippen molar-refractivity contribution in [2.45, 2.75) is 39.8 Å². The van der Waals surface area contributed by atoms with Gasteiger partial charge in [0, 0.05) is 12.2 Å². The summed E-state index contributed by atoms with van der Waals surface area (Å²) in [6.45, 7) is 7.68. The van der Waals surface area contributed by atoms with Crippen LogP contribution in [0, 0.1) is 12.8 Å². The highest BCUT2D eigenvalue weighted by Crippen LogP contribution is 2.25. The van der Waals surface area contributed by atoms with Crippen LogP contribution in [0.3, 0.4) is 0 Å². The zero-order valence-corrected chi connectivity index (χ0v) is 21.2. The Hall–Kier alpha value is -3.74. The van der Waals surface area contributed by atoms with Gasteiger partial charge >= 0.3 is 0 Å². The summed E-state index contributed by atoms with van der Waals surface area (Å²) in [5.74, 6) is 0.357. The molecular formula is C30H35N5O. The number of carbonyl (C=O) groups is 1. The zero-order valence-electron chi connectivity index (χ0n) is 21.2. The van der Waals surface area contributed by atoms with Gasteiger partial charge in [-0.25, -0.2) is 4.68 Å². The number of aromatic nitrogens is 2. The van der Waals surface area contributed by atoms with E-state index in [9.17, 15) is 4.79 Å². The number of anilines is 1. The molecule has 1 amide bonds. The quantitative estimate of drug-likeness (QED) is 0.275. The van der Waals surface area contributed by atoms with E-state index >= 15 is 0 Å². The van der Waals surface area contributed by atoms with E-state index in [1.807, 2.05) is 55.5 Å². The largest absolute Gasteiger partial charge is 0.326 e. The van der Waals surface area contributed by atoms with Gasteiger partial charge in [0.25, 0.3) is 5.91 Å². The molecule has 0 spiro atoms. The van der Waals surface area contributed by atoms with Crippen LogP contribution in [0.2, 0.25) is 0 Å². The highest BCUT2D eigenvalue weighted by Gasteiger charge is 2.18. The lowest BCUT2D eigenvalue weighted by molar-refractivity contribution is 0.101. The minimum Gasteiger partial charge on any atom is -0.326 e. The molecule has 0 fully saturated rings. The number of nitrogens with one attached hydrogen (secondary N) is 2. The summed E-state index contributed by atoms with van der Waals surface area (Å²) in [5, 5.41) is 11.4. The van der Waals surface area contributed by atoms with Crippen molar-refractivity contribution in [2.24, 2.45) is 11.7 Å². The van der Waals surface area contributed by atoms with Crippen molar-refractivity contribution in [2.75, 3.05) is 11.9 Å². The van der Waals surface area contributed by atoms with Crippen LogP contribution in [-0.4, -0.2) is 22.2 Å². The molecule has 1 aromatic heterocycles. The fourth-order valence-electron chi connectivity index (χ4n) is 4.20. The normalized spacial score (nSPS) is 12.8. The maximum Gasteiger partial charge on any atom is 0.274 e. The maximum absolute atomic E-state index is 13.4. The molecule has 6 heteroatoms. The Labute approximate surface area is 213 Å². The molecule has 36 heavy (non-hydrogen) atoms. The fraction of sp³-hybridized carbons (Fsp3) is 0.267. The molecule has 0 radical (unpaired) electrons. The van der Waals surface area contributed by atoms with Gasteiger partial charge in [-0.05, 0) is 66.4 Å². The first-order chi connectivity index (χ1) is 17.5. The summed E-state index contributed by atoms with van der Waals surface area (Å²) in [7, 11) is 0. The van der Waals surface area contributed by atoms with Crippen molar-refractivity contribution >= 4 is 11.6 Å². The summed E-state index contributed by atoms with van der Waals surface area (Å²) >= 11 is 0. The van der Waals surface area contributed by atoms with E-state index in [0.29, 0.717) is 18.2 Å². The standard InChI is InChI=1S/C30H35N5O/c1-4-21(2)20-32-29(24-11-6-5-7-12-24)25-13-9-14-26(18-25)33-30(36)28-16-22(3)34-35(28)27-15-8-10-23(17-27)19-31/h5-18,21,29,32H,4,19-20,31H2,1-3H3,(H,33,36). The first-order valence-electron chi connectivity index (χ1n) is 12.5. The minimum atomic E-state index is -0.213. The third-order valence-electron chi connectivity index (χ3n) is 6.43. The lowest BCUT2D eigenvalue weighted by Crippen LogP contribution is -2.27. The number of carbonyl (C=O) groups excluding carboxylic acids is 1. The van der Waals surface area contributed by atoms with Crippen LogP contribution in [0.15, 0.2) is 84.9 Å². The summed E-state index contributed by atoms with van der Waals surface area (Å²) in [6, 6.07) is 28.1. The predicted octanol–water partition coefficient (Wildman–Crippen LogP) is 5.62. The van der Waals surface area contributed by atoms with Crippen LogP contribution in [0.5, 0.6) is 0 Å².